The molecule has 1 unspecified atom stereocenters. The van der Waals surface area contributed by atoms with Crippen LogP contribution in [-0.4, -0.2) is 48.3 Å². The molecule has 0 spiro atoms. The molecule has 1 aromatic carbocycles. The van der Waals surface area contributed by atoms with Crippen LogP contribution in [0.4, 0.5) is 18.9 Å². The van der Waals surface area contributed by atoms with Gasteiger partial charge in [0.2, 0.25) is 0 Å². The predicted octanol–water partition coefficient (Wildman–Crippen LogP) is 2.60. The van der Waals surface area contributed by atoms with Crippen LogP contribution in [0.15, 0.2) is 24.3 Å². The lowest BCUT2D eigenvalue weighted by molar-refractivity contribution is -0.171. The fourth-order valence-electron chi connectivity index (χ4n) is 2.26. The molecule has 1 amide bonds. The highest BCUT2D eigenvalue weighted by Crippen LogP contribution is 2.28. The summed E-state index contributed by atoms with van der Waals surface area (Å²) < 4.78 is 49.0. The molecule has 1 rings (SSSR count). The van der Waals surface area contributed by atoms with E-state index in [1.807, 2.05) is 0 Å². The first-order valence-electron chi connectivity index (χ1n) is 7.64. The quantitative estimate of drug-likeness (QED) is 0.318. The third-order valence-electron chi connectivity index (χ3n) is 3.42. The smallest absolute Gasteiger partial charge is 0.471 e. The van der Waals surface area contributed by atoms with Crippen molar-refractivity contribution < 1.29 is 37.0 Å². The fraction of sp³-hybridized carbons (Fsp3) is 0.438. The van der Waals surface area contributed by atoms with E-state index in [4.69, 9.17) is 15.0 Å². The summed E-state index contributed by atoms with van der Waals surface area (Å²) in [5, 5.41) is 0. The Bertz CT molecular complexity index is 698. The number of carbonyl (C=O) groups excluding carboxylic acids is 2. The second-order valence-electron chi connectivity index (χ2n) is 5.00. The molecule has 1 aromatic rings. The van der Waals surface area contributed by atoms with Crippen LogP contribution in [-0.2, 0) is 14.3 Å². The van der Waals surface area contributed by atoms with E-state index in [2.05, 4.69) is 4.79 Å². The van der Waals surface area contributed by atoms with Gasteiger partial charge in [0.15, 0.2) is 0 Å². The van der Waals surface area contributed by atoms with Crippen molar-refractivity contribution in [2.75, 3.05) is 18.6 Å². The van der Waals surface area contributed by atoms with Crippen LogP contribution in [0.5, 0.6) is 5.75 Å². The Kier molecular flexibility index (Phi) is 7.33. The fourth-order valence-corrected chi connectivity index (χ4v) is 2.26. The van der Waals surface area contributed by atoms with Crippen LogP contribution in [0, 0.1) is 0 Å². The van der Waals surface area contributed by atoms with Gasteiger partial charge in [-0.25, -0.2) is 4.79 Å². The van der Waals surface area contributed by atoms with E-state index >= 15 is 0 Å². The van der Waals surface area contributed by atoms with Crippen molar-refractivity contribution >= 4 is 23.3 Å². The first-order valence-corrected chi connectivity index (χ1v) is 7.64. The summed E-state index contributed by atoms with van der Waals surface area (Å²) in [6, 6.07) is 3.69. The average molecular weight is 373 g/mol. The number of hydrogen-bond acceptors (Lipinski definition) is 4. The molecule has 0 saturated carbocycles. The molecular formula is C16H18F3N3O4. The highest BCUT2D eigenvalue weighted by Gasteiger charge is 2.49. The first kappa shape index (κ1) is 21.2. The molecule has 0 bridgehead atoms. The van der Waals surface area contributed by atoms with Crippen LogP contribution >= 0.6 is 0 Å². The molecule has 0 N–H and O–H groups in total. The molecule has 142 valence electrons. The molecule has 7 nitrogen and oxygen atoms in total. The van der Waals surface area contributed by atoms with E-state index in [1.165, 1.54) is 45.2 Å². The number of alkyl halides is 3. The maximum Gasteiger partial charge on any atom is 0.471 e. The van der Waals surface area contributed by atoms with Gasteiger partial charge in [0.05, 0.1) is 13.7 Å². The number of ether oxygens (including phenoxy) is 2. The van der Waals surface area contributed by atoms with Gasteiger partial charge >= 0.3 is 23.8 Å². The second-order valence-corrected chi connectivity index (χ2v) is 5.00. The second kappa shape index (κ2) is 9.00. The van der Waals surface area contributed by atoms with Gasteiger partial charge in [-0.1, -0.05) is 6.92 Å². The Morgan fingerprint density at radius 1 is 1.23 bits per heavy atom. The molecule has 0 radical (unpaired) electrons. The summed E-state index contributed by atoms with van der Waals surface area (Å²) in [6.07, 6.45) is -5.34. The number of nitrogens with zero attached hydrogens (tertiary/aromatic N) is 3. The maximum atomic E-state index is 13.1. The van der Waals surface area contributed by atoms with Gasteiger partial charge < -0.3 is 15.0 Å². The Balaban J connectivity index is 3.47. The zero-order valence-corrected chi connectivity index (χ0v) is 14.4. The topological polar surface area (TPSA) is 92.2 Å². The molecule has 0 saturated heterocycles. The van der Waals surface area contributed by atoms with Gasteiger partial charge in [0.25, 0.3) is 0 Å². The Morgan fingerprint density at radius 3 is 2.19 bits per heavy atom. The summed E-state index contributed by atoms with van der Waals surface area (Å²) in [5.74, 6) is -2.96. The van der Waals surface area contributed by atoms with Crippen molar-refractivity contribution in [3.8, 4) is 5.75 Å². The standard InChI is InChI=1S/C16H18F3N3O4/c1-4-12(13(21-20)14(23)26-5-2)22(15(24)16(17,18)19)10-6-8-11(25-3)9-7-10/h6-9,12H,4-5H2,1-3H3. The predicted molar refractivity (Wildman–Crippen MR) is 85.9 cm³/mol. The van der Waals surface area contributed by atoms with Crippen molar-refractivity contribution in [1.82, 2.24) is 0 Å². The maximum absolute atomic E-state index is 13.1. The third kappa shape index (κ3) is 4.82. The number of benzene rings is 1. The van der Waals surface area contributed by atoms with Gasteiger partial charge in [0.1, 0.15) is 11.8 Å². The molecule has 0 aliphatic rings. The van der Waals surface area contributed by atoms with Crippen molar-refractivity contribution in [1.29, 1.82) is 0 Å². The summed E-state index contributed by atoms with van der Waals surface area (Å²) in [5.41, 5.74) is 8.28. The van der Waals surface area contributed by atoms with E-state index in [9.17, 15) is 22.8 Å². The van der Waals surface area contributed by atoms with E-state index < -0.39 is 29.8 Å². The summed E-state index contributed by atoms with van der Waals surface area (Å²) in [7, 11) is 1.37. The minimum Gasteiger partial charge on any atom is -0.497 e. The van der Waals surface area contributed by atoms with Gasteiger partial charge in [0, 0.05) is 5.69 Å². The monoisotopic (exact) mass is 373 g/mol. The summed E-state index contributed by atoms with van der Waals surface area (Å²) in [6.45, 7) is 2.84. The van der Waals surface area contributed by atoms with Gasteiger partial charge in [-0.2, -0.15) is 18.0 Å². The number of esters is 1. The largest absolute Gasteiger partial charge is 0.497 e. The number of anilines is 1. The van der Waals surface area contributed by atoms with E-state index in [-0.39, 0.29) is 18.7 Å². The number of halogens is 3. The minimum atomic E-state index is -5.21. The van der Waals surface area contributed by atoms with Gasteiger partial charge in [-0.3, -0.25) is 9.69 Å². The normalized spacial score (nSPS) is 11.9. The summed E-state index contributed by atoms with van der Waals surface area (Å²) >= 11 is 0. The van der Waals surface area contributed by atoms with E-state index in [0.717, 1.165) is 0 Å². The molecule has 0 aliphatic heterocycles. The number of carbonyl (C=O) groups is 2. The lowest BCUT2D eigenvalue weighted by Gasteiger charge is -2.28. The lowest BCUT2D eigenvalue weighted by Crippen LogP contribution is -2.52. The van der Waals surface area contributed by atoms with Crippen molar-refractivity contribution in [2.45, 2.75) is 32.5 Å². The Labute approximate surface area is 147 Å². The molecule has 26 heavy (non-hydrogen) atoms. The average Bonchev–Trinajstić information content (AvgIpc) is 2.61. The van der Waals surface area contributed by atoms with Crippen molar-refractivity contribution in [3.63, 3.8) is 0 Å². The van der Waals surface area contributed by atoms with E-state index in [0.29, 0.717) is 10.6 Å². The number of rotatable bonds is 7. The SMILES string of the molecule is CCOC(=O)C(=[N+]=[N-])C(CC)N(C(=O)C(F)(F)F)c1ccc(OC)cc1. The van der Waals surface area contributed by atoms with Crippen LogP contribution in [0.2, 0.25) is 0 Å². The summed E-state index contributed by atoms with van der Waals surface area (Å²) in [4.78, 5) is 27.1. The number of hydrogen-bond donors (Lipinski definition) is 0. The van der Waals surface area contributed by atoms with Crippen molar-refractivity contribution in [3.05, 3.63) is 29.8 Å². The highest BCUT2D eigenvalue weighted by atomic mass is 19.4. The Hall–Kier alpha value is -2.87. The Morgan fingerprint density at radius 2 is 1.81 bits per heavy atom. The van der Waals surface area contributed by atoms with Gasteiger partial charge in [-0.05, 0) is 37.6 Å². The lowest BCUT2D eigenvalue weighted by atomic mass is 10.1. The van der Waals surface area contributed by atoms with Crippen LogP contribution in [0.1, 0.15) is 20.3 Å². The van der Waals surface area contributed by atoms with Crippen LogP contribution in [0.25, 0.3) is 5.53 Å². The minimum absolute atomic E-state index is 0.0793. The molecule has 0 fully saturated rings. The van der Waals surface area contributed by atoms with Gasteiger partial charge in [-0.15, -0.1) is 0 Å². The molecule has 0 aromatic heterocycles. The number of amides is 1. The zero-order chi connectivity index (χ0) is 19.9. The number of methoxy groups -OCH3 is 1. The molecule has 10 heteroatoms. The van der Waals surface area contributed by atoms with Crippen LogP contribution < -0.4 is 9.64 Å². The zero-order valence-electron chi connectivity index (χ0n) is 14.4. The van der Waals surface area contributed by atoms with E-state index in [1.54, 1.807) is 0 Å². The molecule has 0 heterocycles. The highest BCUT2D eigenvalue weighted by molar-refractivity contribution is 6.37. The molecule has 1 atom stereocenters. The molecular weight excluding hydrogens is 355 g/mol. The van der Waals surface area contributed by atoms with Crippen LogP contribution in [0.3, 0.4) is 0 Å². The third-order valence-corrected chi connectivity index (χ3v) is 3.42. The first-order chi connectivity index (χ1) is 12.2. The van der Waals surface area contributed by atoms with Crippen molar-refractivity contribution in [2.24, 2.45) is 0 Å². The molecule has 0 aliphatic carbocycles.